The molecule has 1 aromatic carbocycles. The van der Waals surface area contributed by atoms with Crippen LogP contribution in [0.15, 0.2) is 33.9 Å². The highest BCUT2D eigenvalue weighted by molar-refractivity contribution is 7.99. The van der Waals surface area contributed by atoms with Crippen molar-refractivity contribution >= 4 is 28.8 Å². The first-order chi connectivity index (χ1) is 7.79. The Morgan fingerprint density at radius 3 is 3.06 bits per heavy atom. The maximum atomic E-state index is 11.1. The van der Waals surface area contributed by atoms with Crippen molar-refractivity contribution < 1.29 is 13.9 Å². The van der Waals surface area contributed by atoms with Gasteiger partial charge in [0.25, 0.3) is 5.22 Å². The molecule has 0 aliphatic rings. The van der Waals surface area contributed by atoms with Crippen molar-refractivity contribution in [2.75, 3.05) is 12.4 Å². The number of fused-ring (bicyclic) bond motifs is 1. The number of thioether (sulfide) groups is 1. The average Bonchev–Trinajstić information content (AvgIpc) is 2.69. The number of para-hydroxylation sites is 2. The molecule has 0 saturated heterocycles. The van der Waals surface area contributed by atoms with E-state index >= 15 is 0 Å². The zero-order chi connectivity index (χ0) is 11.4. The molecule has 2 aromatic rings. The summed E-state index contributed by atoms with van der Waals surface area (Å²) in [5.74, 6) is -0.0320. The Balaban J connectivity index is 2.02. The number of hydrogen-bond donors (Lipinski definition) is 0. The number of nitrogens with zero attached hydrogens (tertiary/aromatic N) is 1. The van der Waals surface area contributed by atoms with E-state index in [1.165, 1.54) is 11.8 Å². The van der Waals surface area contributed by atoms with E-state index in [0.29, 0.717) is 11.8 Å². The van der Waals surface area contributed by atoms with Crippen LogP contribution in [0.25, 0.3) is 11.1 Å². The third-order valence-electron chi connectivity index (χ3n) is 1.89. The van der Waals surface area contributed by atoms with Crippen LogP contribution in [-0.2, 0) is 9.53 Å². The van der Waals surface area contributed by atoms with Crippen molar-refractivity contribution in [3.8, 4) is 0 Å². The molecule has 0 N–H and O–H groups in total. The minimum Gasteiger partial charge on any atom is -0.465 e. The third-order valence-corrected chi connectivity index (χ3v) is 2.69. The van der Waals surface area contributed by atoms with Crippen LogP contribution in [0.1, 0.15) is 6.92 Å². The van der Waals surface area contributed by atoms with E-state index in [2.05, 4.69) is 4.98 Å². The van der Waals surface area contributed by atoms with Gasteiger partial charge in [-0.25, -0.2) is 4.98 Å². The molecule has 0 saturated carbocycles. The van der Waals surface area contributed by atoms with Crippen LogP contribution in [0.5, 0.6) is 0 Å². The summed E-state index contributed by atoms with van der Waals surface area (Å²) < 4.78 is 10.2. The molecular weight excluding hydrogens is 226 g/mol. The van der Waals surface area contributed by atoms with E-state index in [9.17, 15) is 4.79 Å². The summed E-state index contributed by atoms with van der Waals surface area (Å²) in [6.07, 6.45) is 0. The number of esters is 1. The monoisotopic (exact) mass is 237 g/mol. The van der Waals surface area contributed by atoms with Gasteiger partial charge in [-0.05, 0) is 19.1 Å². The summed E-state index contributed by atoms with van der Waals surface area (Å²) in [7, 11) is 0. The van der Waals surface area contributed by atoms with Crippen LogP contribution in [-0.4, -0.2) is 23.3 Å². The summed E-state index contributed by atoms with van der Waals surface area (Å²) >= 11 is 1.24. The minimum absolute atomic E-state index is 0.223. The Bertz CT molecular complexity index is 462. The van der Waals surface area contributed by atoms with Gasteiger partial charge in [0, 0.05) is 0 Å². The smallest absolute Gasteiger partial charge is 0.316 e. The Labute approximate surface area is 97.0 Å². The molecule has 5 heteroatoms. The van der Waals surface area contributed by atoms with E-state index < -0.39 is 0 Å². The highest BCUT2D eigenvalue weighted by atomic mass is 32.2. The molecule has 0 fully saturated rings. The maximum Gasteiger partial charge on any atom is 0.316 e. The van der Waals surface area contributed by atoms with Crippen LogP contribution < -0.4 is 0 Å². The van der Waals surface area contributed by atoms with Gasteiger partial charge in [-0.3, -0.25) is 4.79 Å². The summed E-state index contributed by atoms with van der Waals surface area (Å²) in [4.78, 5) is 15.4. The van der Waals surface area contributed by atoms with Gasteiger partial charge in [-0.2, -0.15) is 0 Å². The highest BCUT2D eigenvalue weighted by Gasteiger charge is 2.08. The molecular formula is C11H11NO3S. The first-order valence-electron chi connectivity index (χ1n) is 4.93. The van der Waals surface area contributed by atoms with Crippen LogP contribution in [0.2, 0.25) is 0 Å². The molecule has 2 rings (SSSR count). The van der Waals surface area contributed by atoms with Gasteiger partial charge in [-0.1, -0.05) is 23.9 Å². The molecule has 0 radical (unpaired) electrons. The fourth-order valence-electron chi connectivity index (χ4n) is 1.24. The minimum atomic E-state index is -0.255. The van der Waals surface area contributed by atoms with Gasteiger partial charge < -0.3 is 9.15 Å². The number of hydrogen-bond acceptors (Lipinski definition) is 5. The molecule has 1 aromatic heterocycles. The van der Waals surface area contributed by atoms with Gasteiger partial charge in [0.2, 0.25) is 0 Å². The largest absolute Gasteiger partial charge is 0.465 e. The van der Waals surface area contributed by atoms with Gasteiger partial charge >= 0.3 is 5.97 Å². The summed E-state index contributed by atoms with van der Waals surface area (Å²) in [5, 5.41) is 0.495. The summed E-state index contributed by atoms with van der Waals surface area (Å²) in [6, 6.07) is 7.49. The van der Waals surface area contributed by atoms with Gasteiger partial charge in [-0.15, -0.1) is 0 Å². The second-order valence-corrected chi connectivity index (χ2v) is 3.97. The second-order valence-electron chi connectivity index (χ2n) is 3.04. The number of carbonyl (C=O) groups excluding carboxylic acids is 1. The van der Waals surface area contributed by atoms with Crippen LogP contribution in [0.4, 0.5) is 0 Å². The summed E-state index contributed by atoms with van der Waals surface area (Å²) in [6.45, 7) is 2.18. The molecule has 0 spiro atoms. The normalized spacial score (nSPS) is 10.6. The van der Waals surface area contributed by atoms with Crippen molar-refractivity contribution in [3.63, 3.8) is 0 Å². The molecule has 1 heterocycles. The average molecular weight is 237 g/mol. The van der Waals surface area contributed by atoms with Gasteiger partial charge in [0.05, 0.1) is 6.61 Å². The van der Waals surface area contributed by atoms with Crippen LogP contribution in [0.3, 0.4) is 0 Å². The Morgan fingerprint density at radius 2 is 2.31 bits per heavy atom. The van der Waals surface area contributed by atoms with Crippen molar-refractivity contribution in [2.45, 2.75) is 12.1 Å². The lowest BCUT2D eigenvalue weighted by Crippen LogP contribution is -2.06. The Hall–Kier alpha value is -1.49. The second kappa shape index (κ2) is 5.03. The molecule has 0 aliphatic heterocycles. The highest BCUT2D eigenvalue weighted by Crippen LogP contribution is 2.22. The van der Waals surface area contributed by atoms with E-state index in [-0.39, 0.29) is 11.7 Å². The third kappa shape index (κ3) is 2.55. The number of rotatable bonds is 4. The molecule has 0 atom stereocenters. The van der Waals surface area contributed by atoms with E-state index in [4.69, 9.17) is 9.15 Å². The molecule has 0 amide bonds. The predicted octanol–water partition coefficient (Wildman–Crippen LogP) is 2.48. The number of carbonyl (C=O) groups is 1. The van der Waals surface area contributed by atoms with Gasteiger partial charge in [0.1, 0.15) is 11.3 Å². The lowest BCUT2D eigenvalue weighted by molar-refractivity contribution is -0.139. The molecule has 84 valence electrons. The lowest BCUT2D eigenvalue weighted by atomic mass is 10.3. The van der Waals surface area contributed by atoms with E-state index in [1.807, 2.05) is 24.3 Å². The lowest BCUT2D eigenvalue weighted by Gasteiger charge is -1.97. The number of aromatic nitrogens is 1. The number of benzene rings is 1. The maximum absolute atomic E-state index is 11.1. The number of oxazole rings is 1. The fourth-order valence-corrected chi connectivity index (χ4v) is 1.87. The molecule has 4 nitrogen and oxygen atoms in total. The van der Waals surface area contributed by atoms with Crippen LogP contribution in [0, 0.1) is 0 Å². The zero-order valence-corrected chi connectivity index (χ0v) is 9.62. The topological polar surface area (TPSA) is 52.3 Å². The Morgan fingerprint density at radius 1 is 1.50 bits per heavy atom. The number of ether oxygens (including phenoxy) is 1. The predicted molar refractivity (Wildman–Crippen MR) is 61.4 cm³/mol. The quantitative estimate of drug-likeness (QED) is 0.604. The van der Waals surface area contributed by atoms with Gasteiger partial charge in [0.15, 0.2) is 5.58 Å². The van der Waals surface area contributed by atoms with Crippen molar-refractivity contribution in [2.24, 2.45) is 0 Å². The molecule has 0 aliphatic carbocycles. The summed E-state index contributed by atoms with van der Waals surface area (Å²) in [5.41, 5.74) is 1.53. The van der Waals surface area contributed by atoms with E-state index in [0.717, 1.165) is 11.1 Å². The molecule has 16 heavy (non-hydrogen) atoms. The fraction of sp³-hybridized carbons (Fsp3) is 0.273. The molecule has 0 unspecified atom stereocenters. The van der Waals surface area contributed by atoms with Crippen LogP contribution >= 0.6 is 11.8 Å². The zero-order valence-electron chi connectivity index (χ0n) is 8.80. The first kappa shape index (κ1) is 11.0. The Kier molecular flexibility index (Phi) is 3.46. The SMILES string of the molecule is CCOC(=O)CSc1nc2ccccc2o1. The standard InChI is InChI=1S/C11H11NO3S/c1-2-14-10(13)7-16-11-12-8-5-3-4-6-9(8)15-11/h3-6H,2,7H2,1H3. The van der Waals surface area contributed by atoms with E-state index in [1.54, 1.807) is 6.92 Å². The molecule has 0 bridgehead atoms. The van der Waals surface area contributed by atoms with Crippen molar-refractivity contribution in [1.82, 2.24) is 4.98 Å². The van der Waals surface area contributed by atoms with Crippen molar-refractivity contribution in [3.05, 3.63) is 24.3 Å². The first-order valence-corrected chi connectivity index (χ1v) is 5.92. The van der Waals surface area contributed by atoms with Crippen molar-refractivity contribution in [1.29, 1.82) is 0 Å².